The van der Waals surface area contributed by atoms with Gasteiger partial charge in [0.15, 0.2) is 0 Å². The van der Waals surface area contributed by atoms with Crippen molar-refractivity contribution >= 4 is 18.7 Å². The Morgan fingerprint density at radius 3 is 2.76 bits per heavy atom. The first kappa shape index (κ1) is 15.2. The lowest BCUT2D eigenvalue weighted by Gasteiger charge is -2.14. The van der Waals surface area contributed by atoms with Crippen LogP contribution in [0.4, 0.5) is 13.2 Å². The van der Waals surface area contributed by atoms with Gasteiger partial charge in [-0.1, -0.05) is 18.9 Å². The summed E-state index contributed by atoms with van der Waals surface area (Å²) in [6.07, 6.45) is -1.74. The normalized spacial score (nSPS) is 11.2. The van der Waals surface area contributed by atoms with Crippen molar-refractivity contribution in [2.24, 2.45) is 0 Å². The molecule has 0 saturated carbocycles. The quantitative estimate of drug-likeness (QED) is 0.852. The molecule has 0 unspecified atom stereocenters. The van der Waals surface area contributed by atoms with Gasteiger partial charge in [-0.2, -0.15) is 5.10 Å². The number of amides is 1. The van der Waals surface area contributed by atoms with E-state index in [1.165, 1.54) is 23.0 Å². The number of aromatic nitrogens is 2. The third-order valence-corrected chi connectivity index (χ3v) is 2.75. The molecule has 1 N–H and O–H groups in total. The minimum absolute atomic E-state index is 0.00784. The van der Waals surface area contributed by atoms with Gasteiger partial charge >= 0.3 is 6.36 Å². The van der Waals surface area contributed by atoms with Gasteiger partial charge < -0.3 is 4.74 Å². The van der Waals surface area contributed by atoms with E-state index < -0.39 is 18.0 Å². The van der Waals surface area contributed by atoms with Crippen LogP contribution in [0.1, 0.15) is 15.9 Å². The fourth-order valence-corrected chi connectivity index (χ4v) is 1.81. The first-order valence-corrected chi connectivity index (χ1v) is 6.14. The van der Waals surface area contributed by atoms with Gasteiger partial charge in [0.2, 0.25) is 0 Å². The third-order valence-electron chi connectivity index (χ3n) is 2.55. The van der Waals surface area contributed by atoms with Crippen LogP contribution in [-0.4, -0.2) is 22.1 Å². The molecule has 1 amide bonds. The van der Waals surface area contributed by atoms with E-state index in [1.807, 2.05) is 4.72 Å². The van der Waals surface area contributed by atoms with Gasteiger partial charge in [0.25, 0.3) is 5.91 Å². The van der Waals surface area contributed by atoms with E-state index in [1.54, 1.807) is 12.3 Å². The molecule has 0 aliphatic heterocycles. The van der Waals surface area contributed by atoms with Gasteiger partial charge in [-0.25, -0.2) is 0 Å². The van der Waals surface area contributed by atoms with Gasteiger partial charge in [0.1, 0.15) is 5.75 Å². The maximum Gasteiger partial charge on any atom is 0.573 e. The van der Waals surface area contributed by atoms with E-state index in [0.29, 0.717) is 0 Å². The van der Waals surface area contributed by atoms with Gasteiger partial charge in [-0.15, -0.1) is 13.2 Å². The monoisotopic (exact) mass is 317 g/mol. The molecule has 2 rings (SSSR count). The number of nitrogens with one attached hydrogen (secondary N) is 1. The number of thiol groups is 1. The number of hydrogen-bond donors (Lipinski definition) is 2. The third kappa shape index (κ3) is 4.15. The zero-order chi connectivity index (χ0) is 15.5. The van der Waals surface area contributed by atoms with Crippen LogP contribution in [0.5, 0.6) is 5.75 Å². The van der Waals surface area contributed by atoms with Crippen molar-refractivity contribution in [1.82, 2.24) is 14.5 Å². The minimum Gasteiger partial charge on any atom is -0.405 e. The Hall–Kier alpha value is -2.16. The van der Waals surface area contributed by atoms with Crippen LogP contribution in [0.15, 0.2) is 36.7 Å². The van der Waals surface area contributed by atoms with Crippen molar-refractivity contribution in [3.63, 3.8) is 0 Å². The molecular weight excluding hydrogens is 307 g/mol. The second kappa shape index (κ2) is 6.08. The zero-order valence-electron chi connectivity index (χ0n) is 10.5. The predicted octanol–water partition coefficient (Wildman–Crippen LogP) is 2.40. The summed E-state index contributed by atoms with van der Waals surface area (Å²) in [5.74, 6) is -1.08. The molecule has 0 atom stereocenters. The van der Waals surface area contributed by atoms with Crippen molar-refractivity contribution in [2.75, 3.05) is 0 Å². The van der Waals surface area contributed by atoms with Crippen molar-refractivity contribution < 1.29 is 22.7 Å². The Kier molecular flexibility index (Phi) is 4.41. The Bertz CT molecular complexity index is 629. The molecular formula is C12H10F3N3O2S. The highest BCUT2D eigenvalue weighted by Crippen LogP contribution is 2.28. The lowest BCUT2D eigenvalue weighted by Crippen LogP contribution is -2.20. The van der Waals surface area contributed by atoms with E-state index in [4.69, 9.17) is 0 Å². The SMILES string of the molecule is O=C(NS)c1ccc(Cn2cccn2)c(OC(F)(F)F)c1. The van der Waals surface area contributed by atoms with E-state index in [-0.39, 0.29) is 17.7 Å². The van der Waals surface area contributed by atoms with Gasteiger partial charge in [-0.3, -0.25) is 14.2 Å². The molecule has 1 heterocycles. The highest BCUT2D eigenvalue weighted by Gasteiger charge is 2.32. The van der Waals surface area contributed by atoms with Crippen molar-refractivity contribution in [3.8, 4) is 5.75 Å². The van der Waals surface area contributed by atoms with E-state index >= 15 is 0 Å². The van der Waals surface area contributed by atoms with Crippen LogP contribution < -0.4 is 9.46 Å². The number of ether oxygens (including phenoxy) is 1. The van der Waals surface area contributed by atoms with Crippen LogP contribution in [0.2, 0.25) is 0 Å². The van der Waals surface area contributed by atoms with Crippen LogP contribution in [0, 0.1) is 0 Å². The summed E-state index contributed by atoms with van der Waals surface area (Å²) in [6, 6.07) is 5.42. The molecule has 9 heteroatoms. The summed E-state index contributed by atoms with van der Waals surface area (Å²) in [5, 5.41) is 3.91. The highest BCUT2D eigenvalue weighted by molar-refractivity contribution is 7.78. The van der Waals surface area contributed by atoms with Gasteiger partial charge in [-0.05, 0) is 18.2 Å². The Morgan fingerprint density at radius 2 is 2.19 bits per heavy atom. The maximum atomic E-state index is 12.5. The summed E-state index contributed by atoms with van der Waals surface area (Å²) in [5.41, 5.74) is 0.250. The molecule has 21 heavy (non-hydrogen) atoms. The number of benzene rings is 1. The average Bonchev–Trinajstić information content (AvgIpc) is 2.91. The smallest absolute Gasteiger partial charge is 0.405 e. The molecule has 112 valence electrons. The highest BCUT2D eigenvalue weighted by atomic mass is 32.1. The maximum absolute atomic E-state index is 12.5. The van der Waals surface area contributed by atoms with Crippen molar-refractivity contribution in [3.05, 3.63) is 47.8 Å². The van der Waals surface area contributed by atoms with E-state index in [2.05, 4.69) is 22.7 Å². The molecule has 1 aromatic heterocycles. The average molecular weight is 317 g/mol. The number of carbonyl (C=O) groups excluding carboxylic acids is 1. The van der Waals surface area contributed by atoms with Gasteiger partial charge in [0, 0.05) is 23.5 Å². The fraction of sp³-hybridized carbons (Fsp3) is 0.167. The lowest BCUT2D eigenvalue weighted by atomic mass is 10.1. The Morgan fingerprint density at radius 1 is 1.43 bits per heavy atom. The molecule has 0 aliphatic carbocycles. The van der Waals surface area contributed by atoms with Gasteiger partial charge in [0.05, 0.1) is 6.54 Å². The summed E-state index contributed by atoms with van der Waals surface area (Å²) in [7, 11) is 0. The summed E-state index contributed by atoms with van der Waals surface area (Å²) in [6.45, 7) is 0.0845. The van der Waals surface area contributed by atoms with Crippen LogP contribution in [-0.2, 0) is 6.54 Å². The van der Waals surface area contributed by atoms with Crippen LogP contribution in [0.25, 0.3) is 0 Å². The largest absolute Gasteiger partial charge is 0.573 e. The number of hydrogen-bond acceptors (Lipinski definition) is 4. The Labute approximate surface area is 123 Å². The summed E-state index contributed by atoms with van der Waals surface area (Å²) >= 11 is 3.57. The molecule has 2 aromatic rings. The standard InChI is InChI=1S/C12H10F3N3O2S/c13-12(14,15)20-10-6-8(11(19)17-21)2-3-9(10)7-18-5-1-4-16-18/h1-6,21H,7H2,(H,17,19). The topological polar surface area (TPSA) is 56.2 Å². The molecule has 0 fully saturated rings. The first-order valence-electron chi connectivity index (χ1n) is 5.69. The molecule has 1 aromatic carbocycles. The number of carbonyl (C=O) groups is 1. The minimum atomic E-state index is -4.85. The predicted molar refractivity (Wildman–Crippen MR) is 70.9 cm³/mol. The number of alkyl halides is 3. The zero-order valence-corrected chi connectivity index (χ0v) is 11.4. The number of nitrogens with zero attached hydrogens (tertiary/aromatic N) is 2. The number of rotatable bonds is 4. The molecule has 0 saturated heterocycles. The summed E-state index contributed by atoms with van der Waals surface area (Å²) < 4.78 is 44.8. The van der Waals surface area contributed by atoms with Crippen molar-refractivity contribution in [2.45, 2.75) is 12.9 Å². The van der Waals surface area contributed by atoms with Crippen LogP contribution in [0.3, 0.4) is 0 Å². The molecule has 0 radical (unpaired) electrons. The lowest BCUT2D eigenvalue weighted by molar-refractivity contribution is -0.274. The molecule has 0 bridgehead atoms. The Balaban J connectivity index is 2.36. The fourth-order valence-electron chi connectivity index (χ4n) is 1.68. The van der Waals surface area contributed by atoms with E-state index in [9.17, 15) is 18.0 Å². The number of halogens is 3. The van der Waals surface area contributed by atoms with Crippen molar-refractivity contribution in [1.29, 1.82) is 0 Å². The molecule has 0 spiro atoms. The second-order valence-electron chi connectivity index (χ2n) is 4.01. The first-order chi connectivity index (χ1) is 9.89. The van der Waals surface area contributed by atoms with E-state index in [0.717, 1.165) is 6.07 Å². The second-order valence-corrected chi connectivity index (χ2v) is 4.24. The summed E-state index contributed by atoms with van der Waals surface area (Å²) in [4.78, 5) is 11.4. The molecule has 5 nitrogen and oxygen atoms in total. The van der Waals surface area contributed by atoms with Crippen LogP contribution >= 0.6 is 12.8 Å². The molecule has 0 aliphatic rings.